The molecule has 94 valence electrons. The van der Waals surface area contributed by atoms with Gasteiger partial charge in [-0.05, 0) is 29.3 Å². The fourth-order valence-electron chi connectivity index (χ4n) is 2.28. The standard InChI is InChI=1S/C16H13ClN2/c17-14-7-3-1-6-13(14)16(18)12-9-10-19-15-8-4-2-5-11(12)15/h1-10,16H,18H2. The summed E-state index contributed by atoms with van der Waals surface area (Å²) in [6.45, 7) is 0. The molecule has 0 spiro atoms. The number of nitrogens with zero attached hydrogens (tertiary/aromatic N) is 1. The van der Waals surface area contributed by atoms with Gasteiger partial charge in [0.05, 0.1) is 11.6 Å². The van der Waals surface area contributed by atoms with Crippen molar-refractivity contribution in [3.05, 3.63) is 76.9 Å². The maximum atomic E-state index is 6.37. The first-order valence-corrected chi connectivity index (χ1v) is 6.49. The number of benzene rings is 2. The Kier molecular flexibility index (Phi) is 3.20. The molecule has 19 heavy (non-hydrogen) atoms. The van der Waals surface area contributed by atoms with E-state index in [9.17, 15) is 0 Å². The molecule has 0 fully saturated rings. The Morgan fingerprint density at radius 3 is 2.47 bits per heavy atom. The summed E-state index contributed by atoms with van der Waals surface area (Å²) >= 11 is 6.22. The Morgan fingerprint density at radius 2 is 1.63 bits per heavy atom. The van der Waals surface area contributed by atoms with Crippen LogP contribution in [0.25, 0.3) is 10.9 Å². The lowest BCUT2D eigenvalue weighted by molar-refractivity contribution is 0.879. The highest BCUT2D eigenvalue weighted by molar-refractivity contribution is 6.31. The molecule has 1 heterocycles. The third kappa shape index (κ3) is 2.21. The maximum absolute atomic E-state index is 6.37. The van der Waals surface area contributed by atoms with Gasteiger partial charge >= 0.3 is 0 Å². The van der Waals surface area contributed by atoms with Gasteiger partial charge in [0.15, 0.2) is 0 Å². The average molecular weight is 269 g/mol. The van der Waals surface area contributed by atoms with E-state index in [1.165, 1.54) is 0 Å². The molecule has 3 rings (SSSR count). The molecule has 0 aliphatic carbocycles. The summed E-state index contributed by atoms with van der Waals surface area (Å²) < 4.78 is 0. The van der Waals surface area contributed by atoms with Crippen molar-refractivity contribution >= 4 is 22.5 Å². The predicted octanol–water partition coefficient (Wildman–Crippen LogP) is 3.94. The predicted molar refractivity (Wildman–Crippen MR) is 79.2 cm³/mol. The van der Waals surface area contributed by atoms with Crippen LogP contribution in [0.15, 0.2) is 60.8 Å². The van der Waals surface area contributed by atoms with Crippen LogP contribution in [0, 0.1) is 0 Å². The minimum atomic E-state index is -0.249. The molecule has 0 saturated heterocycles. The first-order chi connectivity index (χ1) is 9.27. The average Bonchev–Trinajstić information content (AvgIpc) is 2.46. The van der Waals surface area contributed by atoms with Gasteiger partial charge in [0.25, 0.3) is 0 Å². The highest BCUT2D eigenvalue weighted by atomic mass is 35.5. The number of aromatic nitrogens is 1. The van der Waals surface area contributed by atoms with Crippen LogP contribution in [0.3, 0.4) is 0 Å². The molecular formula is C16H13ClN2. The smallest absolute Gasteiger partial charge is 0.0705 e. The summed E-state index contributed by atoms with van der Waals surface area (Å²) in [5.41, 5.74) is 9.29. The molecule has 2 N–H and O–H groups in total. The van der Waals surface area contributed by atoms with Crippen molar-refractivity contribution in [2.45, 2.75) is 6.04 Å². The second-order valence-electron chi connectivity index (χ2n) is 4.42. The van der Waals surface area contributed by atoms with Crippen LogP contribution in [0.4, 0.5) is 0 Å². The zero-order valence-electron chi connectivity index (χ0n) is 10.3. The van der Waals surface area contributed by atoms with Gasteiger partial charge in [0, 0.05) is 16.6 Å². The molecule has 0 amide bonds. The number of pyridine rings is 1. The van der Waals surface area contributed by atoms with E-state index in [1.807, 2.05) is 54.6 Å². The van der Waals surface area contributed by atoms with Gasteiger partial charge in [-0.1, -0.05) is 48.0 Å². The van der Waals surface area contributed by atoms with Crippen molar-refractivity contribution in [2.75, 3.05) is 0 Å². The quantitative estimate of drug-likeness (QED) is 0.765. The molecule has 2 nitrogen and oxygen atoms in total. The summed E-state index contributed by atoms with van der Waals surface area (Å²) in [5.74, 6) is 0. The van der Waals surface area contributed by atoms with E-state index in [0.29, 0.717) is 5.02 Å². The summed E-state index contributed by atoms with van der Waals surface area (Å²) in [4.78, 5) is 4.35. The van der Waals surface area contributed by atoms with Gasteiger partial charge in [-0.2, -0.15) is 0 Å². The Bertz CT molecular complexity index is 719. The third-order valence-electron chi connectivity index (χ3n) is 3.26. The fourth-order valence-corrected chi connectivity index (χ4v) is 2.54. The summed E-state index contributed by atoms with van der Waals surface area (Å²) in [6, 6.07) is 17.4. The Hall–Kier alpha value is -1.90. The van der Waals surface area contributed by atoms with Crippen LogP contribution in [-0.2, 0) is 0 Å². The number of rotatable bonds is 2. The minimum absolute atomic E-state index is 0.249. The number of fused-ring (bicyclic) bond motifs is 1. The minimum Gasteiger partial charge on any atom is -0.320 e. The molecule has 0 aliphatic heterocycles. The van der Waals surface area contributed by atoms with Crippen LogP contribution in [0.2, 0.25) is 5.02 Å². The van der Waals surface area contributed by atoms with Gasteiger partial charge in [-0.25, -0.2) is 0 Å². The molecule has 0 saturated carbocycles. The molecule has 3 aromatic rings. The van der Waals surface area contributed by atoms with Crippen molar-refractivity contribution in [1.29, 1.82) is 0 Å². The lowest BCUT2D eigenvalue weighted by atomic mass is 9.96. The van der Waals surface area contributed by atoms with E-state index in [2.05, 4.69) is 4.98 Å². The van der Waals surface area contributed by atoms with Crippen LogP contribution in [0.5, 0.6) is 0 Å². The topological polar surface area (TPSA) is 38.9 Å². The molecule has 1 unspecified atom stereocenters. The normalized spacial score (nSPS) is 12.5. The Morgan fingerprint density at radius 1 is 0.895 bits per heavy atom. The second-order valence-corrected chi connectivity index (χ2v) is 4.82. The van der Waals surface area contributed by atoms with Crippen molar-refractivity contribution in [2.24, 2.45) is 5.73 Å². The van der Waals surface area contributed by atoms with Crippen molar-refractivity contribution in [1.82, 2.24) is 4.98 Å². The first-order valence-electron chi connectivity index (χ1n) is 6.11. The highest BCUT2D eigenvalue weighted by Crippen LogP contribution is 2.29. The molecule has 1 aromatic heterocycles. The molecule has 3 heteroatoms. The van der Waals surface area contributed by atoms with Gasteiger partial charge in [-0.3, -0.25) is 4.98 Å². The number of hydrogen-bond acceptors (Lipinski definition) is 2. The van der Waals surface area contributed by atoms with Crippen molar-refractivity contribution in [3.8, 4) is 0 Å². The first kappa shape index (κ1) is 12.2. The van der Waals surface area contributed by atoms with Crippen molar-refractivity contribution in [3.63, 3.8) is 0 Å². The van der Waals surface area contributed by atoms with Crippen LogP contribution in [0.1, 0.15) is 17.2 Å². The number of halogens is 1. The van der Waals surface area contributed by atoms with Crippen LogP contribution < -0.4 is 5.73 Å². The van der Waals surface area contributed by atoms with E-state index in [4.69, 9.17) is 17.3 Å². The monoisotopic (exact) mass is 268 g/mol. The lowest BCUT2D eigenvalue weighted by Gasteiger charge is -2.16. The molecule has 0 radical (unpaired) electrons. The largest absolute Gasteiger partial charge is 0.320 e. The van der Waals surface area contributed by atoms with E-state index in [-0.39, 0.29) is 6.04 Å². The Labute approximate surface area is 116 Å². The molecule has 2 aromatic carbocycles. The van der Waals surface area contributed by atoms with E-state index >= 15 is 0 Å². The van der Waals surface area contributed by atoms with E-state index < -0.39 is 0 Å². The molecular weight excluding hydrogens is 256 g/mol. The van der Waals surface area contributed by atoms with E-state index in [0.717, 1.165) is 22.0 Å². The zero-order valence-corrected chi connectivity index (χ0v) is 11.0. The van der Waals surface area contributed by atoms with Crippen LogP contribution in [-0.4, -0.2) is 4.98 Å². The van der Waals surface area contributed by atoms with E-state index in [1.54, 1.807) is 6.20 Å². The summed E-state index contributed by atoms with van der Waals surface area (Å²) in [6.07, 6.45) is 1.79. The zero-order chi connectivity index (χ0) is 13.2. The summed E-state index contributed by atoms with van der Waals surface area (Å²) in [7, 11) is 0. The number of hydrogen-bond donors (Lipinski definition) is 1. The number of para-hydroxylation sites is 1. The van der Waals surface area contributed by atoms with Gasteiger partial charge in [-0.15, -0.1) is 0 Å². The van der Waals surface area contributed by atoms with Gasteiger partial charge in [0.1, 0.15) is 0 Å². The van der Waals surface area contributed by atoms with Gasteiger partial charge < -0.3 is 5.73 Å². The Balaban J connectivity index is 2.17. The number of nitrogens with two attached hydrogens (primary N) is 1. The second kappa shape index (κ2) is 5.00. The molecule has 1 atom stereocenters. The molecule has 0 bridgehead atoms. The third-order valence-corrected chi connectivity index (χ3v) is 3.60. The fraction of sp³-hybridized carbons (Fsp3) is 0.0625. The maximum Gasteiger partial charge on any atom is 0.0705 e. The van der Waals surface area contributed by atoms with Gasteiger partial charge in [0.2, 0.25) is 0 Å². The summed E-state index contributed by atoms with van der Waals surface area (Å²) in [5, 5.41) is 1.76. The van der Waals surface area contributed by atoms with Crippen molar-refractivity contribution < 1.29 is 0 Å². The lowest BCUT2D eigenvalue weighted by Crippen LogP contribution is -2.13. The highest BCUT2D eigenvalue weighted by Gasteiger charge is 2.14. The molecule has 0 aliphatic rings. The van der Waals surface area contributed by atoms with Crippen LogP contribution >= 0.6 is 11.6 Å². The SMILES string of the molecule is NC(c1ccccc1Cl)c1ccnc2ccccc12.